The summed E-state index contributed by atoms with van der Waals surface area (Å²) in [5, 5.41) is 0. The van der Waals surface area contributed by atoms with Crippen LogP contribution in [0.1, 0.15) is 42.7 Å². The van der Waals surface area contributed by atoms with Crippen LogP contribution in [0.2, 0.25) is 0 Å². The van der Waals surface area contributed by atoms with Gasteiger partial charge in [0.05, 0.1) is 35.5 Å². The molecule has 5 heterocycles. The molecule has 7 nitrogen and oxygen atoms in total. The SMILES string of the molecule is Cc1nc(-c2cccnc2C(C)C)c2n1CCN(c1ccc(-c3nc(C(F)(F)F)cn3C)nc1)C2. The van der Waals surface area contributed by atoms with Crippen molar-refractivity contribution in [3.8, 4) is 22.8 Å². The Balaban J connectivity index is 1.44. The van der Waals surface area contributed by atoms with E-state index < -0.39 is 11.9 Å². The zero-order chi connectivity index (χ0) is 24.9. The molecule has 4 aromatic rings. The average molecular weight is 482 g/mol. The van der Waals surface area contributed by atoms with Crippen LogP contribution < -0.4 is 4.90 Å². The topological polar surface area (TPSA) is 64.7 Å². The Hall–Kier alpha value is -3.69. The molecule has 0 N–H and O–H groups in total. The van der Waals surface area contributed by atoms with E-state index in [-0.39, 0.29) is 11.7 Å². The number of nitrogens with zero attached hydrogens (tertiary/aromatic N) is 7. The van der Waals surface area contributed by atoms with Gasteiger partial charge in [-0.15, -0.1) is 0 Å². The van der Waals surface area contributed by atoms with Gasteiger partial charge in [-0.3, -0.25) is 9.97 Å². The minimum absolute atomic E-state index is 0.177. The largest absolute Gasteiger partial charge is 0.434 e. The van der Waals surface area contributed by atoms with E-state index in [1.807, 2.05) is 25.3 Å². The summed E-state index contributed by atoms with van der Waals surface area (Å²) in [5.74, 6) is 1.41. The molecule has 4 aromatic heterocycles. The van der Waals surface area contributed by atoms with Crippen molar-refractivity contribution in [1.29, 1.82) is 0 Å². The van der Waals surface area contributed by atoms with E-state index in [1.165, 1.54) is 11.6 Å². The number of pyridine rings is 2. The molecule has 0 spiro atoms. The highest BCUT2D eigenvalue weighted by molar-refractivity contribution is 5.67. The van der Waals surface area contributed by atoms with Crippen LogP contribution in [0.15, 0.2) is 42.9 Å². The lowest BCUT2D eigenvalue weighted by molar-refractivity contribution is -0.140. The molecule has 0 aromatic carbocycles. The highest BCUT2D eigenvalue weighted by atomic mass is 19.4. The number of halogens is 3. The van der Waals surface area contributed by atoms with Gasteiger partial charge in [-0.2, -0.15) is 13.2 Å². The minimum atomic E-state index is -4.49. The zero-order valence-electron chi connectivity index (χ0n) is 20.0. The fourth-order valence-corrected chi connectivity index (χ4v) is 4.61. The fourth-order valence-electron chi connectivity index (χ4n) is 4.61. The number of hydrogen-bond acceptors (Lipinski definition) is 5. The molecular formula is C25H26F3N7. The number of aromatic nitrogens is 6. The van der Waals surface area contributed by atoms with Crippen molar-refractivity contribution in [3.63, 3.8) is 0 Å². The minimum Gasteiger partial charge on any atom is -0.363 e. The monoisotopic (exact) mass is 481 g/mol. The third kappa shape index (κ3) is 4.17. The normalized spacial score (nSPS) is 14.0. The Bertz CT molecular complexity index is 1370. The summed E-state index contributed by atoms with van der Waals surface area (Å²) in [6.07, 6.45) is -0.0108. The number of anilines is 1. The van der Waals surface area contributed by atoms with Crippen molar-refractivity contribution >= 4 is 5.69 Å². The highest BCUT2D eigenvalue weighted by Gasteiger charge is 2.34. The Labute approximate surface area is 201 Å². The van der Waals surface area contributed by atoms with Gasteiger partial charge in [-0.25, -0.2) is 9.97 Å². The molecule has 0 radical (unpaired) electrons. The smallest absolute Gasteiger partial charge is 0.363 e. The van der Waals surface area contributed by atoms with E-state index in [0.717, 1.165) is 53.4 Å². The van der Waals surface area contributed by atoms with Gasteiger partial charge in [0, 0.05) is 38.1 Å². The van der Waals surface area contributed by atoms with Crippen molar-refractivity contribution in [3.05, 3.63) is 65.8 Å². The Morgan fingerprint density at radius 1 is 1.03 bits per heavy atom. The first-order valence-electron chi connectivity index (χ1n) is 11.5. The van der Waals surface area contributed by atoms with Crippen LogP contribution in [0.4, 0.5) is 18.9 Å². The van der Waals surface area contributed by atoms with Crippen molar-refractivity contribution in [1.82, 2.24) is 29.1 Å². The number of aryl methyl sites for hydroxylation is 2. The van der Waals surface area contributed by atoms with Gasteiger partial charge in [-0.05, 0) is 37.1 Å². The van der Waals surface area contributed by atoms with Crippen molar-refractivity contribution < 1.29 is 13.2 Å². The number of rotatable bonds is 4. The van der Waals surface area contributed by atoms with Gasteiger partial charge < -0.3 is 14.0 Å². The van der Waals surface area contributed by atoms with Crippen LogP contribution in [0.3, 0.4) is 0 Å². The molecular weight excluding hydrogens is 455 g/mol. The maximum Gasteiger partial charge on any atom is 0.434 e. The number of imidazole rings is 2. The second kappa shape index (κ2) is 8.51. The van der Waals surface area contributed by atoms with E-state index in [9.17, 15) is 13.2 Å². The summed E-state index contributed by atoms with van der Waals surface area (Å²) in [4.78, 5) is 19.9. The summed E-state index contributed by atoms with van der Waals surface area (Å²) in [6.45, 7) is 8.47. The predicted octanol–water partition coefficient (Wildman–Crippen LogP) is 5.21. The third-order valence-electron chi connectivity index (χ3n) is 6.35. The number of fused-ring (bicyclic) bond motifs is 1. The van der Waals surface area contributed by atoms with Crippen molar-refractivity contribution in [2.45, 2.75) is 46.0 Å². The van der Waals surface area contributed by atoms with E-state index in [4.69, 9.17) is 4.98 Å². The van der Waals surface area contributed by atoms with E-state index >= 15 is 0 Å². The molecule has 0 saturated carbocycles. The number of alkyl halides is 3. The third-order valence-corrected chi connectivity index (χ3v) is 6.35. The molecule has 0 bridgehead atoms. The summed E-state index contributed by atoms with van der Waals surface area (Å²) < 4.78 is 42.7. The van der Waals surface area contributed by atoms with Gasteiger partial charge in [0.25, 0.3) is 0 Å². The summed E-state index contributed by atoms with van der Waals surface area (Å²) in [7, 11) is 1.53. The van der Waals surface area contributed by atoms with Crippen LogP contribution in [-0.2, 0) is 26.3 Å². The second-order valence-corrected chi connectivity index (χ2v) is 9.08. The fraction of sp³-hybridized carbons (Fsp3) is 0.360. The van der Waals surface area contributed by atoms with E-state index in [0.29, 0.717) is 12.2 Å². The molecule has 10 heteroatoms. The average Bonchev–Trinajstić information content (AvgIpc) is 3.39. The second-order valence-electron chi connectivity index (χ2n) is 9.08. The number of hydrogen-bond donors (Lipinski definition) is 0. The quantitative estimate of drug-likeness (QED) is 0.400. The Morgan fingerprint density at radius 2 is 1.83 bits per heavy atom. The Morgan fingerprint density at radius 3 is 2.49 bits per heavy atom. The van der Waals surface area contributed by atoms with Gasteiger partial charge >= 0.3 is 6.18 Å². The van der Waals surface area contributed by atoms with Crippen LogP contribution in [-0.4, -0.2) is 35.6 Å². The van der Waals surface area contributed by atoms with Crippen LogP contribution in [0, 0.1) is 6.92 Å². The standard InChI is InChI=1S/C25H26F3N7/c1-15(2)22-18(6-5-9-29-22)23-20-13-34(10-11-35(20)16(3)31-23)17-7-8-19(30-12-17)24-32-21(14-33(24)4)25(26,27)28/h5-9,12,14-15H,10-11,13H2,1-4H3. The van der Waals surface area contributed by atoms with Crippen LogP contribution >= 0.6 is 0 Å². The summed E-state index contributed by atoms with van der Waals surface area (Å²) in [6, 6.07) is 7.61. The van der Waals surface area contributed by atoms with E-state index in [1.54, 1.807) is 12.3 Å². The van der Waals surface area contributed by atoms with Gasteiger partial charge in [0.1, 0.15) is 11.5 Å². The maximum atomic E-state index is 13.0. The molecule has 0 amide bonds. The maximum absolute atomic E-state index is 13.0. The van der Waals surface area contributed by atoms with E-state index in [2.05, 4.69) is 44.3 Å². The first-order valence-corrected chi connectivity index (χ1v) is 11.5. The lowest BCUT2D eigenvalue weighted by Crippen LogP contribution is -2.34. The van der Waals surface area contributed by atoms with Gasteiger partial charge in [0.15, 0.2) is 11.5 Å². The highest BCUT2D eigenvalue weighted by Crippen LogP contribution is 2.34. The van der Waals surface area contributed by atoms with Crippen molar-refractivity contribution in [2.24, 2.45) is 7.05 Å². The molecule has 1 aliphatic rings. The zero-order valence-corrected chi connectivity index (χ0v) is 20.0. The van der Waals surface area contributed by atoms with Crippen LogP contribution in [0.25, 0.3) is 22.8 Å². The molecule has 0 atom stereocenters. The Kier molecular flexibility index (Phi) is 5.61. The molecule has 35 heavy (non-hydrogen) atoms. The first kappa shape index (κ1) is 23.1. The molecule has 0 unspecified atom stereocenters. The van der Waals surface area contributed by atoms with Gasteiger partial charge in [-0.1, -0.05) is 13.8 Å². The lowest BCUT2D eigenvalue weighted by atomic mass is 10.00. The predicted molar refractivity (Wildman–Crippen MR) is 127 cm³/mol. The summed E-state index contributed by atoms with van der Waals surface area (Å²) >= 11 is 0. The van der Waals surface area contributed by atoms with Gasteiger partial charge in [0.2, 0.25) is 0 Å². The van der Waals surface area contributed by atoms with Crippen molar-refractivity contribution in [2.75, 3.05) is 11.4 Å². The first-order chi connectivity index (χ1) is 16.6. The summed E-state index contributed by atoms with van der Waals surface area (Å²) in [5.41, 5.74) is 4.49. The molecule has 0 aliphatic carbocycles. The molecule has 5 rings (SSSR count). The lowest BCUT2D eigenvalue weighted by Gasteiger charge is -2.31. The molecule has 0 fully saturated rings. The molecule has 1 aliphatic heterocycles. The van der Waals surface area contributed by atoms with Crippen LogP contribution in [0.5, 0.6) is 0 Å². The molecule has 182 valence electrons. The molecule has 0 saturated heterocycles.